The quantitative estimate of drug-likeness (QED) is 0.686. The number of hydrogen-bond donors (Lipinski definition) is 2. The van der Waals surface area contributed by atoms with E-state index in [1.807, 2.05) is 19.1 Å². The summed E-state index contributed by atoms with van der Waals surface area (Å²) in [4.78, 5) is 17.8. The van der Waals surface area contributed by atoms with Gasteiger partial charge in [-0.3, -0.25) is 4.79 Å². The van der Waals surface area contributed by atoms with Gasteiger partial charge < -0.3 is 15.1 Å². The molecule has 1 heterocycles. The SMILES string of the molecule is CCNS(=O)(=O)c1ccc(C)c(C(=O)Nc2ccc(N3CCN(CC)CC3)cc2C)c1. The van der Waals surface area contributed by atoms with Gasteiger partial charge in [-0.05, 0) is 61.9 Å². The number of nitrogens with one attached hydrogen (secondary N) is 2. The fourth-order valence-corrected chi connectivity index (χ4v) is 4.85. The molecule has 0 radical (unpaired) electrons. The van der Waals surface area contributed by atoms with Gasteiger partial charge in [-0.15, -0.1) is 0 Å². The Labute approximate surface area is 185 Å². The largest absolute Gasteiger partial charge is 0.369 e. The number of carbonyl (C=O) groups excluding carboxylic acids is 1. The van der Waals surface area contributed by atoms with Crippen LogP contribution in [0, 0.1) is 13.8 Å². The van der Waals surface area contributed by atoms with Crippen molar-refractivity contribution in [2.75, 3.05) is 49.5 Å². The number of piperazine rings is 1. The van der Waals surface area contributed by atoms with E-state index in [0.717, 1.165) is 55.2 Å². The Kier molecular flexibility index (Phi) is 7.35. The van der Waals surface area contributed by atoms with Crippen LogP contribution in [0.5, 0.6) is 0 Å². The van der Waals surface area contributed by atoms with Crippen molar-refractivity contribution in [2.45, 2.75) is 32.6 Å². The zero-order valence-corrected chi connectivity index (χ0v) is 19.6. The van der Waals surface area contributed by atoms with E-state index in [9.17, 15) is 13.2 Å². The predicted octanol–water partition coefficient (Wildman–Crippen LogP) is 3.00. The second-order valence-corrected chi connectivity index (χ2v) is 9.62. The third-order valence-corrected chi connectivity index (χ3v) is 7.28. The van der Waals surface area contributed by atoms with E-state index in [2.05, 4.69) is 32.8 Å². The van der Waals surface area contributed by atoms with E-state index < -0.39 is 10.0 Å². The summed E-state index contributed by atoms with van der Waals surface area (Å²) in [5, 5.41) is 2.94. The van der Waals surface area contributed by atoms with Crippen molar-refractivity contribution in [3.63, 3.8) is 0 Å². The van der Waals surface area contributed by atoms with Crippen molar-refractivity contribution in [3.05, 3.63) is 53.1 Å². The highest BCUT2D eigenvalue weighted by Gasteiger charge is 2.19. The smallest absolute Gasteiger partial charge is 0.255 e. The number of carbonyl (C=O) groups is 1. The average molecular weight is 445 g/mol. The highest BCUT2D eigenvalue weighted by atomic mass is 32.2. The van der Waals surface area contributed by atoms with Gasteiger partial charge in [-0.2, -0.15) is 0 Å². The number of nitrogens with zero attached hydrogens (tertiary/aromatic N) is 2. The van der Waals surface area contributed by atoms with E-state index in [0.29, 0.717) is 5.56 Å². The lowest BCUT2D eigenvalue weighted by atomic mass is 10.1. The molecule has 8 heteroatoms. The van der Waals surface area contributed by atoms with Gasteiger partial charge in [-0.1, -0.05) is 19.9 Å². The molecule has 0 atom stereocenters. The number of sulfonamides is 1. The van der Waals surface area contributed by atoms with E-state index in [-0.39, 0.29) is 17.3 Å². The van der Waals surface area contributed by atoms with Gasteiger partial charge in [-0.25, -0.2) is 13.1 Å². The van der Waals surface area contributed by atoms with Gasteiger partial charge in [0.05, 0.1) is 4.90 Å². The van der Waals surface area contributed by atoms with Crippen LogP contribution in [0.3, 0.4) is 0 Å². The first kappa shape index (κ1) is 23.2. The Morgan fingerprint density at radius 1 is 0.968 bits per heavy atom. The molecule has 2 aromatic carbocycles. The normalized spacial score (nSPS) is 15.2. The van der Waals surface area contributed by atoms with Gasteiger partial charge in [0.2, 0.25) is 10.0 Å². The topological polar surface area (TPSA) is 81.7 Å². The predicted molar refractivity (Wildman–Crippen MR) is 126 cm³/mol. The lowest BCUT2D eigenvalue weighted by molar-refractivity contribution is 0.102. The minimum atomic E-state index is -3.63. The van der Waals surface area contributed by atoms with E-state index in [1.54, 1.807) is 19.9 Å². The Hall–Kier alpha value is -2.42. The summed E-state index contributed by atoms with van der Waals surface area (Å²) in [5.74, 6) is -0.321. The summed E-state index contributed by atoms with van der Waals surface area (Å²) in [6.45, 7) is 13.1. The number of benzene rings is 2. The van der Waals surface area contributed by atoms with Gasteiger partial charge in [0.25, 0.3) is 5.91 Å². The van der Waals surface area contributed by atoms with Gasteiger partial charge in [0.1, 0.15) is 0 Å². The van der Waals surface area contributed by atoms with Crippen LogP contribution in [0.15, 0.2) is 41.3 Å². The molecule has 7 nitrogen and oxygen atoms in total. The fraction of sp³-hybridized carbons (Fsp3) is 0.435. The monoisotopic (exact) mass is 444 g/mol. The molecule has 0 aliphatic carbocycles. The average Bonchev–Trinajstić information content (AvgIpc) is 2.75. The van der Waals surface area contributed by atoms with Crippen LogP contribution in [0.1, 0.15) is 35.3 Å². The lowest BCUT2D eigenvalue weighted by Crippen LogP contribution is -2.46. The van der Waals surface area contributed by atoms with Gasteiger partial charge in [0, 0.05) is 49.7 Å². The molecule has 0 spiro atoms. The summed E-state index contributed by atoms with van der Waals surface area (Å²) in [6, 6.07) is 10.6. The Bertz CT molecular complexity index is 1040. The summed E-state index contributed by atoms with van der Waals surface area (Å²) in [6.07, 6.45) is 0. The van der Waals surface area contributed by atoms with Crippen molar-refractivity contribution < 1.29 is 13.2 Å². The fourth-order valence-electron chi connectivity index (χ4n) is 3.78. The molecule has 1 aliphatic rings. The Balaban J connectivity index is 1.76. The summed E-state index contributed by atoms with van der Waals surface area (Å²) >= 11 is 0. The number of amides is 1. The number of aryl methyl sites for hydroxylation is 2. The third kappa shape index (κ3) is 5.44. The zero-order valence-electron chi connectivity index (χ0n) is 18.7. The molecule has 0 unspecified atom stereocenters. The molecule has 1 amide bonds. The van der Waals surface area contributed by atoms with Crippen LogP contribution in [0.2, 0.25) is 0 Å². The maximum atomic E-state index is 12.9. The van der Waals surface area contributed by atoms with Crippen molar-refractivity contribution >= 4 is 27.3 Å². The van der Waals surface area contributed by atoms with E-state index in [4.69, 9.17) is 0 Å². The Morgan fingerprint density at radius 2 is 1.68 bits per heavy atom. The van der Waals surface area contributed by atoms with Crippen LogP contribution < -0.4 is 14.9 Å². The second-order valence-electron chi connectivity index (χ2n) is 7.85. The van der Waals surface area contributed by atoms with E-state index in [1.165, 1.54) is 12.1 Å². The number of likely N-dealkylation sites (N-methyl/N-ethyl adjacent to an activating group) is 1. The Morgan fingerprint density at radius 3 is 2.29 bits per heavy atom. The minimum absolute atomic E-state index is 0.0865. The molecule has 31 heavy (non-hydrogen) atoms. The molecular weight excluding hydrogens is 412 g/mol. The third-order valence-electron chi connectivity index (χ3n) is 5.74. The van der Waals surface area contributed by atoms with Gasteiger partial charge >= 0.3 is 0 Å². The van der Waals surface area contributed by atoms with E-state index >= 15 is 0 Å². The number of rotatable bonds is 7. The van der Waals surface area contributed by atoms with Crippen molar-refractivity contribution in [1.29, 1.82) is 0 Å². The summed E-state index contributed by atoms with van der Waals surface area (Å²) < 4.78 is 27.1. The first-order chi connectivity index (χ1) is 14.7. The molecule has 0 aromatic heterocycles. The second kappa shape index (κ2) is 9.80. The number of anilines is 2. The maximum absolute atomic E-state index is 12.9. The van der Waals surface area contributed by atoms with Crippen molar-refractivity contribution in [2.24, 2.45) is 0 Å². The molecule has 3 rings (SSSR count). The summed E-state index contributed by atoms with van der Waals surface area (Å²) in [7, 11) is -3.63. The van der Waals surface area contributed by atoms with Crippen LogP contribution in [-0.4, -0.2) is 58.5 Å². The molecule has 0 bridgehead atoms. The van der Waals surface area contributed by atoms with Crippen LogP contribution >= 0.6 is 0 Å². The highest BCUT2D eigenvalue weighted by Crippen LogP contribution is 2.25. The van der Waals surface area contributed by atoms with Crippen LogP contribution in [0.4, 0.5) is 11.4 Å². The standard InChI is InChI=1S/C23H32N4O3S/c1-5-24-31(29,30)20-9-7-17(3)21(16-20)23(28)25-22-10-8-19(15-18(22)4)27-13-11-26(6-2)12-14-27/h7-10,15-16,24H,5-6,11-14H2,1-4H3,(H,25,28). The zero-order chi connectivity index (χ0) is 22.6. The van der Waals surface area contributed by atoms with Crippen molar-refractivity contribution in [3.8, 4) is 0 Å². The van der Waals surface area contributed by atoms with Gasteiger partial charge in [0.15, 0.2) is 0 Å². The molecule has 1 fully saturated rings. The molecule has 1 saturated heterocycles. The maximum Gasteiger partial charge on any atom is 0.255 e. The van der Waals surface area contributed by atoms with Crippen molar-refractivity contribution in [1.82, 2.24) is 9.62 Å². The number of hydrogen-bond acceptors (Lipinski definition) is 5. The molecule has 168 valence electrons. The molecule has 2 N–H and O–H groups in total. The molecule has 1 aliphatic heterocycles. The molecule has 2 aromatic rings. The molecule has 0 saturated carbocycles. The lowest BCUT2D eigenvalue weighted by Gasteiger charge is -2.35. The first-order valence-electron chi connectivity index (χ1n) is 10.7. The van der Waals surface area contributed by atoms with Crippen LogP contribution in [-0.2, 0) is 10.0 Å². The summed E-state index contributed by atoms with van der Waals surface area (Å²) in [5.41, 5.74) is 3.91. The van der Waals surface area contributed by atoms with Crippen LogP contribution in [0.25, 0.3) is 0 Å². The molecular formula is C23H32N4O3S. The minimum Gasteiger partial charge on any atom is -0.369 e. The highest BCUT2D eigenvalue weighted by molar-refractivity contribution is 7.89. The first-order valence-corrected chi connectivity index (χ1v) is 12.2.